The Morgan fingerprint density at radius 3 is 1.21 bits per heavy atom. The van der Waals surface area contributed by atoms with Crippen LogP contribution >= 0.6 is 0 Å². The number of rotatable bonds is 41. The Hall–Kier alpha value is -8.18. The standard InChI is InChI=1S/C51H96N22O13/c1-27(64-40(78)28(2)66-46(84)36-19-13-25-73(36)48(86)38(54)30(4)74)39(77)65-29(3)41(79)67-33(16-10-22-61-49(55)56)43(81)70-34(17-11-23-62-50(57)58)44(82)68-31(14-6-8-20-52)42(80)69-32(15-7-9-21-53)45(83)71-35(18-12-24-63-51(59)60)47(85)72(5)26-37(75)76/h27-36,38,74H,6-26,52-54H2,1-5H3,(H,64,78)(H,65,77)(H,66,84)(H,67,79)(H,68,82)(H,69,80)(H,70,81)(H,71,83)(H,75,76)(H4,55,56,61)(H4,57,58,62)(H4,59,60,63)/t27-,28-,29-,30+,31-,32-,33-,34-,35-,36-,38-/m0/s1. The van der Waals surface area contributed by atoms with E-state index in [9.17, 15) is 63.0 Å². The summed E-state index contributed by atoms with van der Waals surface area (Å²) in [6.07, 6.45) is 1.19. The number of hydrogen-bond acceptors (Lipinski definition) is 18. The topological polar surface area (TPSA) is 602 Å². The lowest BCUT2D eigenvalue weighted by Gasteiger charge is -2.28. The van der Waals surface area contributed by atoms with Crippen molar-refractivity contribution in [3.8, 4) is 0 Å². The quantitative estimate of drug-likeness (QED) is 0.0154. The molecule has 1 fully saturated rings. The molecule has 0 aromatic rings. The first-order chi connectivity index (χ1) is 40.4. The van der Waals surface area contributed by atoms with Crippen molar-refractivity contribution in [2.24, 2.45) is 66.6 Å². The maximum atomic E-state index is 14.4. The maximum absolute atomic E-state index is 14.4. The molecule has 1 heterocycles. The molecule has 28 N–H and O–H groups in total. The smallest absolute Gasteiger partial charge is 0.323 e. The number of likely N-dealkylation sites (tertiary alicyclic amines) is 1. The van der Waals surface area contributed by atoms with Crippen LogP contribution in [0.5, 0.6) is 0 Å². The van der Waals surface area contributed by atoms with E-state index >= 15 is 0 Å². The molecule has 1 rings (SSSR count). The van der Waals surface area contributed by atoms with Crippen molar-refractivity contribution in [2.75, 3.05) is 52.9 Å². The van der Waals surface area contributed by atoms with Crippen molar-refractivity contribution in [1.82, 2.24) is 52.3 Å². The van der Waals surface area contributed by atoms with Gasteiger partial charge in [-0.25, -0.2) is 0 Å². The Morgan fingerprint density at radius 1 is 0.512 bits per heavy atom. The monoisotopic (exact) mass is 1220 g/mol. The number of carbonyl (C=O) groups excluding carboxylic acids is 10. The number of aliphatic carboxylic acids is 1. The number of aliphatic hydroxyl groups is 1. The normalized spacial score (nSPS) is 16.2. The average Bonchev–Trinajstić information content (AvgIpc) is 3.42. The Morgan fingerprint density at radius 2 is 0.849 bits per heavy atom. The predicted molar refractivity (Wildman–Crippen MR) is 318 cm³/mol. The summed E-state index contributed by atoms with van der Waals surface area (Å²) in [6.45, 7) is 5.38. The van der Waals surface area contributed by atoms with Gasteiger partial charge in [0.2, 0.25) is 59.1 Å². The molecule has 0 unspecified atom stereocenters. The number of nitrogens with two attached hydrogens (primary N) is 9. The van der Waals surface area contributed by atoms with Gasteiger partial charge in [-0.3, -0.25) is 67.7 Å². The van der Waals surface area contributed by atoms with Crippen molar-refractivity contribution in [2.45, 2.75) is 184 Å². The van der Waals surface area contributed by atoms with E-state index in [1.54, 1.807) is 0 Å². The van der Waals surface area contributed by atoms with Crippen LogP contribution < -0.4 is 94.1 Å². The third-order valence-corrected chi connectivity index (χ3v) is 13.5. The molecule has 86 heavy (non-hydrogen) atoms. The van der Waals surface area contributed by atoms with Gasteiger partial charge in [-0.15, -0.1) is 0 Å². The molecule has 1 saturated heterocycles. The van der Waals surface area contributed by atoms with Crippen LogP contribution in [0.25, 0.3) is 0 Å². The number of hydrogen-bond donors (Lipinski definition) is 19. The average molecular weight is 1230 g/mol. The number of aliphatic imine (C=N–C) groups is 3. The summed E-state index contributed by atoms with van der Waals surface area (Å²) in [5.41, 5.74) is 50.3. The van der Waals surface area contributed by atoms with Crippen molar-refractivity contribution in [3.63, 3.8) is 0 Å². The number of unbranched alkanes of at least 4 members (excludes halogenated alkanes) is 2. The van der Waals surface area contributed by atoms with E-state index < -0.39 is 138 Å². The minimum absolute atomic E-state index is 0.00326. The number of carboxylic acids is 1. The summed E-state index contributed by atoms with van der Waals surface area (Å²) in [7, 11) is 1.24. The molecule has 35 nitrogen and oxygen atoms in total. The number of carbonyl (C=O) groups is 11. The number of carboxylic acid groups (broad SMARTS) is 1. The second-order valence-corrected chi connectivity index (χ2v) is 21.0. The predicted octanol–water partition coefficient (Wildman–Crippen LogP) is -8.41. The molecule has 0 aliphatic carbocycles. The molecular formula is C51H96N22O13. The second-order valence-electron chi connectivity index (χ2n) is 21.0. The van der Waals surface area contributed by atoms with E-state index in [0.29, 0.717) is 32.1 Å². The van der Waals surface area contributed by atoms with E-state index in [4.69, 9.17) is 51.6 Å². The number of likely N-dealkylation sites (N-methyl/N-ethyl adjacent to an activating group) is 1. The lowest BCUT2D eigenvalue weighted by atomic mass is 10.0. The van der Waals surface area contributed by atoms with Gasteiger partial charge in [0, 0.05) is 33.2 Å². The highest BCUT2D eigenvalue weighted by molar-refractivity contribution is 5.99. The van der Waals surface area contributed by atoms with E-state index in [-0.39, 0.29) is 115 Å². The zero-order chi connectivity index (χ0) is 65.2. The molecule has 0 radical (unpaired) electrons. The SMILES string of the molecule is C[C@H](NC(=O)[C@H](C)NC(=O)[C@@H]1CCCN1C(=O)[C@@H](N)[C@@H](C)O)C(=O)N[C@@H](C)C(=O)N[C@@H](CCCN=C(N)N)C(=O)N[C@@H](CCCN=C(N)N)C(=O)N[C@@H](CCCCN)C(=O)N[C@@H](CCCCN)C(=O)N[C@@H](CCCN=C(N)N)C(=O)N(C)CC(=O)O. The van der Waals surface area contributed by atoms with Crippen LogP contribution in [0.3, 0.4) is 0 Å². The van der Waals surface area contributed by atoms with E-state index in [2.05, 4.69) is 57.5 Å². The lowest BCUT2D eigenvalue weighted by Crippen LogP contribution is -2.60. The summed E-state index contributed by atoms with van der Waals surface area (Å²) in [5.74, 6) is -9.96. The number of amides is 10. The zero-order valence-corrected chi connectivity index (χ0v) is 50.0. The van der Waals surface area contributed by atoms with Gasteiger partial charge >= 0.3 is 5.97 Å². The second kappa shape index (κ2) is 40.2. The molecule has 11 atom stereocenters. The van der Waals surface area contributed by atoms with Crippen LogP contribution in [-0.4, -0.2) is 222 Å². The molecule has 0 aromatic heterocycles. The first-order valence-corrected chi connectivity index (χ1v) is 28.7. The van der Waals surface area contributed by atoms with Gasteiger partial charge in [0.25, 0.3) is 0 Å². The summed E-state index contributed by atoms with van der Waals surface area (Å²) < 4.78 is 0. The lowest BCUT2D eigenvalue weighted by molar-refractivity contribution is -0.145. The zero-order valence-electron chi connectivity index (χ0n) is 50.0. The van der Waals surface area contributed by atoms with Gasteiger partial charge in [0.15, 0.2) is 17.9 Å². The van der Waals surface area contributed by atoms with E-state index in [1.165, 1.54) is 39.6 Å². The Labute approximate surface area is 500 Å². The number of nitrogens with zero attached hydrogens (tertiary/aromatic N) is 5. The first-order valence-electron chi connectivity index (χ1n) is 28.7. The van der Waals surface area contributed by atoms with Crippen LogP contribution in [0.1, 0.15) is 118 Å². The molecule has 1 aliphatic heterocycles. The highest BCUT2D eigenvalue weighted by Gasteiger charge is 2.39. The minimum Gasteiger partial charge on any atom is -0.480 e. The van der Waals surface area contributed by atoms with Crippen molar-refractivity contribution in [1.29, 1.82) is 0 Å². The van der Waals surface area contributed by atoms with Crippen LogP contribution in [0.4, 0.5) is 0 Å². The molecule has 0 saturated carbocycles. The van der Waals surface area contributed by atoms with E-state index in [1.807, 2.05) is 0 Å². The fourth-order valence-corrected chi connectivity index (χ4v) is 8.65. The van der Waals surface area contributed by atoms with Gasteiger partial charge in [0.1, 0.15) is 67.0 Å². The third kappa shape index (κ3) is 29.1. The fourth-order valence-electron chi connectivity index (χ4n) is 8.65. The van der Waals surface area contributed by atoms with Gasteiger partial charge in [-0.05, 0) is 131 Å². The van der Waals surface area contributed by atoms with Crippen LogP contribution in [0.2, 0.25) is 0 Å². The van der Waals surface area contributed by atoms with Gasteiger partial charge in [-0.2, -0.15) is 0 Å². The van der Waals surface area contributed by atoms with E-state index in [0.717, 1.165) is 4.90 Å². The van der Waals surface area contributed by atoms with Crippen molar-refractivity contribution >= 4 is 82.9 Å². The molecule has 1 aliphatic rings. The van der Waals surface area contributed by atoms with Crippen molar-refractivity contribution < 1.29 is 63.0 Å². The van der Waals surface area contributed by atoms with Crippen LogP contribution in [-0.2, 0) is 52.7 Å². The Bertz CT molecular complexity index is 2350. The fraction of sp³-hybridized carbons (Fsp3) is 0.725. The maximum Gasteiger partial charge on any atom is 0.323 e. The molecular weight excluding hydrogens is 1130 g/mol. The Balaban J connectivity index is 3.46. The molecule has 0 aromatic carbocycles. The first kappa shape index (κ1) is 75.8. The summed E-state index contributed by atoms with van der Waals surface area (Å²) >= 11 is 0. The largest absolute Gasteiger partial charge is 0.480 e. The number of guanidine groups is 3. The molecule has 0 spiro atoms. The molecule has 10 amide bonds. The third-order valence-electron chi connectivity index (χ3n) is 13.5. The molecule has 0 bridgehead atoms. The highest BCUT2D eigenvalue weighted by Crippen LogP contribution is 2.19. The highest BCUT2D eigenvalue weighted by atomic mass is 16.4. The minimum atomic E-state index is -1.43. The molecule has 488 valence electrons. The summed E-state index contributed by atoms with van der Waals surface area (Å²) in [5, 5.41) is 39.8. The number of aliphatic hydroxyl groups excluding tert-OH is 1. The van der Waals surface area contributed by atoms with Crippen LogP contribution in [0.15, 0.2) is 15.0 Å². The van der Waals surface area contributed by atoms with Crippen LogP contribution in [0, 0.1) is 0 Å². The summed E-state index contributed by atoms with van der Waals surface area (Å²) in [4.78, 5) is 162. The van der Waals surface area contributed by atoms with Gasteiger partial charge < -0.3 is 114 Å². The number of nitrogens with one attached hydrogen (secondary N) is 8. The van der Waals surface area contributed by atoms with Gasteiger partial charge in [-0.1, -0.05) is 0 Å². The van der Waals surface area contributed by atoms with Gasteiger partial charge in [0.05, 0.1) is 6.10 Å². The van der Waals surface area contributed by atoms with Crippen molar-refractivity contribution in [3.05, 3.63) is 0 Å². The molecule has 35 heteroatoms. The summed E-state index contributed by atoms with van der Waals surface area (Å²) in [6, 6.07) is -12.8. The Kier molecular flexibility index (Phi) is 35.4.